The number of carbonyl (C=O) groups excluding carboxylic acids is 2. The molecule has 1 aromatic heterocycles. The average Bonchev–Trinajstić information content (AvgIpc) is 3.18. The van der Waals surface area contributed by atoms with E-state index in [0.29, 0.717) is 12.3 Å². The zero-order chi connectivity index (χ0) is 20.8. The zero-order valence-electron chi connectivity index (χ0n) is 17.2. The zero-order valence-corrected chi connectivity index (χ0v) is 18.1. The van der Waals surface area contributed by atoms with Gasteiger partial charge in [-0.15, -0.1) is 11.3 Å². The molecule has 3 rings (SSSR count). The van der Waals surface area contributed by atoms with Crippen LogP contribution in [0.15, 0.2) is 29.6 Å². The van der Waals surface area contributed by atoms with Crippen molar-refractivity contribution in [3.05, 3.63) is 45.9 Å². The number of rotatable bonds is 7. The van der Waals surface area contributed by atoms with E-state index in [0.717, 1.165) is 36.4 Å². The summed E-state index contributed by atoms with van der Waals surface area (Å²) in [6.07, 6.45) is 3.86. The molecule has 0 unspecified atom stereocenters. The van der Waals surface area contributed by atoms with Crippen LogP contribution in [0.25, 0.3) is 0 Å². The largest absolute Gasteiger partial charge is 0.486 e. The molecule has 1 aromatic carbocycles. The molecule has 6 nitrogen and oxygen atoms in total. The highest BCUT2D eigenvalue weighted by Gasteiger charge is 2.29. The minimum absolute atomic E-state index is 0.0226. The van der Waals surface area contributed by atoms with E-state index in [4.69, 9.17) is 4.74 Å². The van der Waals surface area contributed by atoms with E-state index >= 15 is 0 Å². The van der Waals surface area contributed by atoms with Crippen molar-refractivity contribution < 1.29 is 14.3 Å². The molecule has 0 spiro atoms. The van der Waals surface area contributed by atoms with E-state index in [1.165, 1.54) is 16.9 Å². The average molecular weight is 416 g/mol. The molecule has 1 heterocycles. The molecule has 0 radical (unpaired) electrons. The predicted octanol–water partition coefficient (Wildman–Crippen LogP) is 3.84. The highest BCUT2D eigenvalue weighted by Crippen LogP contribution is 2.20. The molecule has 1 saturated carbocycles. The van der Waals surface area contributed by atoms with Crippen LogP contribution >= 0.6 is 11.3 Å². The standard InChI is InChI=1S/C22H29N3O3S/c1-14(2)21(26)24-17-6-4-5-7-18(17)25-22(27)19-13-29-20(23-19)12-28-16-10-8-15(3)9-11-16/h8-11,13-14,17-18H,4-7,12H2,1-3H3,(H,24,26)(H,25,27)/t17-,18-/m0/s1. The number of ether oxygens (including phenoxy) is 1. The smallest absolute Gasteiger partial charge is 0.271 e. The molecular formula is C22H29N3O3S. The Morgan fingerprint density at radius 3 is 2.45 bits per heavy atom. The summed E-state index contributed by atoms with van der Waals surface area (Å²) < 4.78 is 5.74. The molecule has 1 aliphatic rings. The number of aromatic nitrogens is 1. The van der Waals surface area contributed by atoms with Crippen molar-refractivity contribution in [2.45, 2.75) is 65.1 Å². The lowest BCUT2D eigenvalue weighted by molar-refractivity contribution is -0.125. The fourth-order valence-corrected chi connectivity index (χ4v) is 4.01. The van der Waals surface area contributed by atoms with E-state index in [1.54, 1.807) is 5.38 Å². The Morgan fingerprint density at radius 2 is 1.79 bits per heavy atom. The summed E-state index contributed by atoms with van der Waals surface area (Å²) in [5.74, 6) is 0.546. The van der Waals surface area contributed by atoms with E-state index in [9.17, 15) is 9.59 Å². The molecule has 156 valence electrons. The van der Waals surface area contributed by atoms with Crippen molar-refractivity contribution >= 4 is 23.2 Å². The monoisotopic (exact) mass is 415 g/mol. The lowest BCUT2D eigenvalue weighted by Crippen LogP contribution is -2.53. The normalized spacial score (nSPS) is 19.0. The summed E-state index contributed by atoms with van der Waals surface area (Å²) in [7, 11) is 0. The molecule has 0 bridgehead atoms. The van der Waals surface area contributed by atoms with E-state index in [2.05, 4.69) is 15.6 Å². The first kappa shape index (κ1) is 21.3. The van der Waals surface area contributed by atoms with Crippen molar-refractivity contribution in [3.8, 4) is 5.75 Å². The molecule has 2 aromatic rings. The maximum Gasteiger partial charge on any atom is 0.271 e. The number of hydrogen-bond acceptors (Lipinski definition) is 5. The Bertz CT molecular complexity index is 832. The number of benzene rings is 1. The number of carbonyl (C=O) groups is 2. The van der Waals surface area contributed by atoms with Crippen LogP contribution < -0.4 is 15.4 Å². The number of nitrogens with one attached hydrogen (secondary N) is 2. The highest BCUT2D eigenvalue weighted by atomic mass is 32.1. The summed E-state index contributed by atoms with van der Waals surface area (Å²) in [6, 6.07) is 7.75. The van der Waals surface area contributed by atoms with Gasteiger partial charge in [0.2, 0.25) is 5.91 Å². The molecule has 2 atom stereocenters. The Morgan fingerprint density at radius 1 is 1.14 bits per heavy atom. The van der Waals surface area contributed by atoms with Gasteiger partial charge in [-0.25, -0.2) is 4.98 Å². The van der Waals surface area contributed by atoms with Crippen LogP contribution in [0.5, 0.6) is 5.75 Å². The molecule has 29 heavy (non-hydrogen) atoms. The summed E-state index contributed by atoms with van der Waals surface area (Å²) in [4.78, 5) is 29.2. The molecule has 1 fully saturated rings. The minimum Gasteiger partial charge on any atom is -0.486 e. The van der Waals surface area contributed by atoms with Gasteiger partial charge in [0.15, 0.2) is 0 Å². The number of thiazole rings is 1. The van der Waals surface area contributed by atoms with Gasteiger partial charge in [0.1, 0.15) is 23.1 Å². The molecule has 1 aliphatic carbocycles. The topological polar surface area (TPSA) is 80.3 Å². The third-order valence-electron chi connectivity index (χ3n) is 5.10. The summed E-state index contributed by atoms with van der Waals surface area (Å²) in [5.41, 5.74) is 1.58. The van der Waals surface area contributed by atoms with Gasteiger partial charge < -0.3 is 15.4 Å². The summed E-state index contributed by atoms with van der Waals surface area (Å²) in [5, 5.41) is 8.67. The Kier molecular flexibility index (Phi) is 7.25. The van der Waals surface area contributed by atoms with Gasteiger partial charge in [-0.05, 0) is 31.9 Å². The number of aryl methyl sites for hydroxylation is 1. The molecule has 7 heteroatoms. The van der Waals surface area contributed by atoms with Gasteiger partial charge in [0, 0.05) is 23.4 Å². The second-order valence-electron chi connectivity index (χ2n) is 7.86. The van der Waals surface area contributed by atoms with Gasteiger partial charge in [0.25, 0.3) is 5.91 Å². The Labute approximate surface area is 176 Å². The fourth-order valence-electron chi connectivity index (χ4n) is 3.33. The number of hydrogen-bond donors (Lipinski definition) is 2. The first-order valence-corrected chi connectivity index (χ1v) is 11.1. The molecular weight excluding hydrogens is 386 g/mol. The maximum absolute atomic E-state index is 12.7. The van der Waals surface area contributed by atoms with Gasteiger partial charge in [0.05, 0.1) is 0 Å². The summed E-state index contributed by atoms with van der Waals surface area (Å²) >= 11 is 1.41. The molecule has 0 saturated heterocycles. The molecule has 0 aliphatic heterocycles. The van der Waals surface area contributed by atoms with Crippen molar-refractivity contribution in [1.29, 1.82) is 0 Å². The van der Waals surface area contributed by atoms with Crippen LogP contribution in [0.3, 0.4) is 0 Å². The lowest BCUT2D eigenvalue weighted by Gasteiger charge is -2.33. The van der Waals surface area contributed by atoms with E-state index in [-0.39, 0.29) is 29.8 Å². The van der Waals surface area contributed by atoms with Crippen LogP contribution in [0.2, 0.25) is 0 Å². The molecule has 2 amide bonds. The predicted molar refractivity (Wildman–Crippen MR) is 114 cm³/mol. The van der Waals surface area contributed by atoms with E-state index < -0.39 is 0 Å². The highest BCUT2D eigenvalue weighted by molar-refractivity contribution is 7.09. The van der Waals surface area contributed by atoms with Crippen LogP contribution in [0.4, 0.5) is 0 Å². The first-order valence-electron chi connectivity index (χ1n) is 10.2. The van der Waals surface area contributed by atoms with Crippen molar-refractivity contribution in [2.24, 2.45) is 5.92 Å². The van der Waals surface area contributed by atoms with Crippen LogP contribution in [0.1, 0.15) is 60.6 Å². The number of amides is 2. The van der Waals surface area contributed by atoms with Gasteiger partial charge in [-0.2, -0.15) is 0 Å². The van der Waals surface area contributed by atoms with Crippen molar-refractivity contribution in [2.75, 3.05) is 0 Å². The van der Waals surface area contributed by atoms with Crippen molar-refractivity contribution in [3.63, 3.8) is 0 Å². The SMILES string of the molecule is Cc1ccc(OCc2nc(C(=O)N[C@H]3CCCC[C@@H]3NC(=O)C(C)C)cs2)cc1. The minimum atomic E-state index is -0.196. The van der Waals surface area contributed by atoms with E-state index in [1.807, 2.05) is 45.0 Å². The van der Waals surface area contributed by atoms with Crippen molar-refractivity contribution in [1.82, 2.24) is 15.6 Å². The second kappa shape index (κ2) is 9.87. The Hall–Kier alpha value is -2.41. The van der Waals surface area contributed by atoms with Crippen LogP contribution in [-0.2, 0) is 11.4 Å². The number of nitrogens with zero attached hydrogens (tertiary/aromatic N) is 1. The van der Waals surface area contributed by atoms with Gasteiger partial charge in [-0.3, -0.25) is 9.59 Å². The third-order valence-corrected chi connectivity index (χ3v) is 5.92. The Balaban J connectivity index is 1.55. The van der Waals surface area contributed by atoms with Gasteiger partial charge >= 0.3 is 0 Å². The quantitative estimate of drug-likeness (QED) is 0.720. The molecule has 2 N–H and O–H groups in total. The van der Waals surface area contributed by atoms with Crippen LogP contribution in [-0.4, -0.2) is 28.9 Å². The maximum atomic E-state index is 12.7. The second-order valence-corrected chi connectivity index (χ2v) is 8.81. The van der Waals surface area contributed by atoms with Crippen LogP contribution in [0, 0.1) is 12.8 Å². The summed E-state index contributed by atoms with van der Waals surface area (Å²) in [6.45, 7) is 6.11. The first-order chi connectivity index (χ1) is 13.9. The lowest BCUT2D eigenvalue weighted by atomic mass is 9.89. The fraction of sp³-hybridized carbons (Fsp3) is 0.500. The van der Waals surface area contributed by atoms with Gasteiger partial charge in [-0.1, -0.05) is 44.4 Å². The third kappa shape index (κ3) is 6.03.